The van der Waals surface area contributed by atoms with Crippen molar-refractivity contribution in [3.05, 3.63) is 48.0 Å². The zero-order valence-electron chi connectivity index (χ0n) is 15.1. The molecule has 0 unspecified atom stereocenters. The van der Waals surface area contributed by atoms with Gasteiger partial charge in [0.1, 0.15) is 5.82 Å². The molecule has 0 atom stereocenters. The van der Waals surface area contributed by atoms with Crippen LogP contribution in [0.5, 0.6) is 0 Å². The van der Waals surface area contributed by atoms with Crippen LogP contribution in [-0.4, -0.2) is 32.2 Å². The Morgan fingerprint density at radius 1 is 1.25 bits per heavy atom. The van der Waals surface area contributed by atoms with E-state index in [9.17, 15) is 18.0 Å². The zero-order chi connectivity index (χ0) is 20.3. The molecule has 0 amide bonds. The summed E-state index contributed by atoms with van der Waals surface area (Å²) >= 11 is 0. The van der Waals surface area contributed by atoms with E-state index in [1.54, 1.807) is 41.2 Å². The molecule has 9 heteroatoms. The summed E-state index contributed by atoms with van der Waals surface area (Å²) in [7, 11) is 0. The van der Waals surface area contributed by atoms with Crippen molar-refractivity contribution in [1.82, 2.24) is 14.5 Å². The first-order chi connectivity index (χ1) is 13.3. The minimum atomic E-state index is -4.65. The Morgan fingerprint density at radius 2 is 2.04 bits per heavy atom. The second-order valence-corrected chi connectivity index (χ2v) is 6.34. The molecule has 3 aromatic rings. The fraction of sp³-hybridized carbons (Fsp3) is 0.316. The Kier molecular flexibility index (Phi) is 5.53. The third kappa shape index (κ3) is 4.41. The van der Waals surface area contributed by atoms with Crippen molar-refractivity contribution >= 4 is 22.7 Å². The number of nitrogens with zero attached hydrogens (tertiary/aromatic N) is 3. The summed E-state index contributed by atoms with van der Waals surface area (Å²) < 4.78 is 41.3. The van der Waals surface area contributed by atoms with Crippen molar-refractivity contribution in [3.8, 4) is 5.69 Å². The highest BCUT2D eigenvalue weighted by Crippen LogP contribution is 2.31. The number of hydrogen-bond donors (Lipinski definition) is 2. The lowest BCUT2D eigenvalue weighted by molar-refractivity contribution is -0.144. The number of aliphatic carboxylic acids is 1. The quantitative estimate of drug-likeness (QED) is 0.627. The van der Waals surface area contributed by atoms with E-state index in [0.29, 0.717) is 24.0 Å². The number of carbonyl (C=O) groups is 1. The Bertz CT molecular complexity index is 998. The molecule has 0 bridgehead atoms. The molecule has 0 aliphatic rings. The molecule has 0 aliphatic heterocycles. The van der Waals surface area contributed by atoms with Crippen LogP contribution in [0.2, 0.25) is 0 Å². The largest absolute Gasteiger partial charge is 0.481 e. The molecule has 0 spiro atoms. The van der Waals surface area contributed by atoms with Crippen LogP contribution in [0.3, 0.4) is 0 Å². The second-order valence-electron chi connectivity index (χ2n) is 6.34. The maximum absolute atomic E-state index is 13.2. The third-order valence-electron chi connectivity index (χ3n) is 4.16. The highest BCUT2D eigenvalue weighted by Gasteiger charge is 2.35. The van der Waals surface area contributed by atoms with Gasteiger partial charge in [0.05, 0.1) is 5.52 Å². The SMILES string of the molecule is CCCNc1nc(C(F)(F)F)nc2cc(-n3ccc(CCC(=O)O)c3)ccc12. The molecule has 2 N–H and O–H groups in total. The summed E-state index contributed by atoms with van der Waals surface area (Å²) in [6, 6.07) is 6.78. The predicted molar refractivity (Wildman–Crippen MR) is 98.6 cm³/mol. The number of halogens is 3. The van der Waals surface area contributed by atoms with Crippen molar-refractivity contribution in [3.63, 3.8) is 0 Å². The molecule has 2 heterocycles. The summed E-state index contributed by atoms with van der Waals surface area (Å²) in [6.07, 6.45) is -0.0257. The first-order valence-corrected chi connectivity index (χ1v) is 8.80. The molecular formula is C19H19F3N4O2. The number of carboxylic acids is 1. The van der Waals surface area contributed by atoms with Crippen molar-refractivity contribution in [2.75, 3.05) is 11.9 Å². The first kappa shape index (κ1) is 19.7. The normalized spacial score (nSPS) is 11.7. The molecule has 1 aromatic carbocycles. The molecular weight excluding hydrogens is 373 g/mol. The summed E-state index contributed by atoms with van der Waals surface area (Å²) in [4.78, 5) is 18.0. The van der Waals surface area contributed by atoms with E-state index in [1.165, 1.54) is 0 Å². The van der Waals surface area contributed by atoms with Gasteiger partial charge in [0.25, 0.3) is 0 Å². The van der Waals surface area contributed by atoms with Crippen molar-refractivity contribution in [1.29, 1.82) is 0 Å². The fourth-order valence-electron chi connectivity index (χ4n) is 2.78. The number of rotatable bonds is 7. The smallest absolute Gasteiger partial charge is 0.451 e. The summed E-state index contributed by atoms with van der Waals surface area (Å²) in [5.74, 6) is -1.92. The predicted octanol–water partition coefficient (Wildman–Crippen LogP) is 4.28. The molecule has 148 valence electrons. The van der Waals surface area contributed by atoms with E-state index >= 15 is 0 Å². The molecule has 0 saturated carbocycles. The lowest BCUT2D eigenvalue weighted by Gasteiger charge is -2.13. The fourth-order valence-corrected chi connectivity index (χ4v) is 2.78. The van der Waals surface area contributed by atoms with Crippen LogP contribution >= 0.6 is 0 Å². The Morgan fingerprint density at radius 3 is 2.71 bits per heavy atom. The number of nitrogens with one attached hydrogen (secondary N) is 1. The molecule has 2 aromatic heterocycles. The van der Waals surface area contributed by atoms with Gasteiger partial charge in [0.2, 0.25) is 5.82 Å². The van der Waals surface area contributed by atoms with Crippen LogP contribution in [0.25, 0.3) is 16.6 Å². The van der Waals surface area contributed by atoms with Gasteiger partial charge < -0.3 is 15.0 Å². The third-order valence-corrected chi connectivity index (χ3v) is 4.16. The Labute approximate surface area is 159 Å². The van der Waals surface area contributed by atoms with E-state index in [1.807, 2.05) is 6.92 Å². The number of aromatic nitrogens is 3. The first-order valence-electron chi connectivity index (χ1n) is 8.80. The van der Waals surface area contributed by atoms with Gasteiger partial charge in [-0.2, -0.15) is 13.2 Å². The monoisotopic (exact) mass is 392 g/mol. The Balaban J connectivity index is 2.01. The second kappa shape index (κ2) is 7.87. The van der Waals surface area contributed by atoms with E-state index in [0.717, 1.165) is 12.0 Å². The summed E-state index contributed by atoms with van der Waals surface area (Å²) in [5, 5.41) is 12.2. The maximum atomic E-state index is 13.2. The minimum Gasteiger partial charge on any atom is -0.481 e. The topological polar surface area (TPSA) is 80.0 Å². The standard InChI is InChI=1S/C19H19F3N4O2/c1-2-8-23-17-14-5-4-13(10-15(14)24-18(25-17)19(20,21)22)26-9-7-12(11-26)3-6-16(27)28/h4-5,7,9-11H,2-3,6,8H2,1H3,(H,27,28)(H,23,24,25). The lowest BCUT2D eigenvalue weighted by atomic mass is 10.2. The molecule has 0 fully saturated rings. The average Bonchev–Trinajstić information content (AvgIpc) is 3.12. The van der Waals surface area contributed by atoms with Crippen LogP contribution in [0.1, 0.15) is 31.2 Å². The van der Waals surface area contributed by atoms with Gasteiger partial charge in [-0.15, -0.1) is 0 Å². The van der Waals surface area contributed by atoms with Crippen LogP contribution in [0.15, 0.2) is 36.7 Å². The van der Waals surface area contributed by atoms with Crippen LogP contribution < -0.4 is 5.32 Å². The molecule has 28 heavy (non-hydrogen) atoms. The van der Waals surface area contributed by atoms with Crippen LogP contribution in [-0.2, 0) is 17.4 Å². The van der Waals surface area contributed by atoms with Crippen molar-refractivity contribution in [2.45, 2.75) is 32.4 Å². The van der Waals surface area contributed by atoms with Gasteiger partial charge >= 0.3 is 12.1 Å². The molecule has 3 rings (SSSR count). The molecule has 0 aliphatic carbocycles. The van der Waals surface area contributed by atoms with Gasteiger partial charge in [-0.1, -0.05) is 6.92 Å². The lowest BCUT2D eigenvalue weighted by Crippen LogP contribution is -2.14. The number of alkyl halides is 3. The van der Waals surface area contributed by atoms with Gasteiger partial charge in [-0.3, -0.25) is 4.79 Å². The van der Waals surface area contributed by atoms with Crippen molar-refractivity contribution in [2.24, 2.45) is 0 Å². The number of aryl methyl sites for hydroxylation is 1. The molecule has 6 nitrogen and oxygen atoms in total. The number of anilines is 1. The van der Waals surface area contributed by atoms with Gasteiger partial charge in [0, 0.05) is 36.4 Å². The highest BCUT2D eigenvalue weighted by atomic mass is 19.4. The maximum Gasteiger partial charge on any atom is 0.451 e. The number of hydrogen-bond acceptors (Lipinski definition) is 4. The van der Waals surface area contributed by atoms with Gasteiger partial charge in [0.15, 0.2) is 0 Å². The average molecular weight is 392 g/mol. The summed E-state index contributed by atoms with van der Waals surface area (Å²) in [6.45, 7) is 2.41. The van der Waals surface area contributed by atoms with Gasteiger partial charge in [-0.05, 0) is 42.7 Å². The van der Waals surface area contributed by atoms with Gasteiger partial charge in [-0.25, -0.2) is 9.97 Å². The molecule has 0 saturated heterocycles. The Hall–Kier alpha value is -3.10. The zero-order valence-corrected chi connectivity index (χ0v) is 15.1. The van der Waals surface area contributed by atoms with E-state index < -0.39 is 18.0 Å². The minimum absolute atomic E-state index is 0.0103. The van der Waals surface area contributed by atoms with Crippen LogP contribution in [0.4, 0.5) is 19.0 Å². The number of benzene rings is 1. The number of fused-ring (bicyclic) bond motifs is 1. The molecule has 0 radical (unpaired) electrons. The van der Waals surface area contributed by atoms with E-state index in [4.69, 9.17) is 5.11 Å². The number of carboxylic acid groups (broad SMARTS) is 1. The van der Waals surface area contributed by atoms with E-state index in [2.05, 4.69) is 15.3 Å². The summed E-state index contributed by atoms with van der Waals surface area (Å²) in [5.41, 5.74) is 1.63. The van der Waals surface area contributed by atoms with E-state index in [-0.39, 0.29) is 17.8 Å². The highest BCUT2D eigenvalue weighted by molar-refractivity contribution is 5.90. The van der Waals surface area contributed by atoms with Crippen LogP contribution in [0, 0.1) is 0 Å². The van der Waals surface area contributed by atoms with Crippen molar-refractivity contribution < 1.29 is 23.1 Å².